The van der Waals surface area contributed by atoms with Crippen molar-refractivity contribution in [2.45, 2.75) is 30.8 Å². The molecule has 1 aliphatic heterocycles. The van der Waals surface area contributed by atoms with Gasteiger partial charge in [-0.2, -0.15) is 0 Å². The first kappa shape index (κ1) is 20.2. The van der Waals surface area contributed by atoms with Gasteiger partial charge in [0, 0.05) is 32.2 Å². The molecular formula is C15H21N3O7S. The van der Waals surface area contributed by atoms with Gasteiger partial charge in [-0.3, -0.25) is 10.1 Å². The van der Waals surface area contributed by atoms with Crippen molar-refractivity contribution in [1.29, 1.82) is 0 Å². The quantitative estimate of drug-likeness (QED) is 0.447. The molecule has 0 saturated carbocycles. The van der Waals surface area contributed by atoms with Crippen LogP contribution in [0.25, 0.3) is 0 Å². The topological polar surface area (TPSA) is 150 Å². The number of hydrogen-bond acceptors (Lipinski definition) is 7. The van der Waals surface area contributed by atoms with Crippen molar-refractivity contribution in [1.82, 2.24) is 9.62 Å². The summed E-state index contributed by atoms with van der Waals surface area (Å²) < 4.78 is 27.5. The monoisotopic (exact) mass is 387 g/mol. The van der Waals surface area contributed by atoms with Gasteiger partial charge in [-0.05, 0) is 25.3 Å². The molecule has 1 aliphatic rings. The number of nitro groups is 1. The van der Waals surface area contributed by atoms with Crippen molar-refractivity contribution in [3.63, 3.8) is 0 Å². The lowest BCUT2D eigenvalue weighted by Crippen LogP contribution is -2.41. The van der Waals surface area contributed by atoms with Crippen LogP contribution in [0.15, 0.2) is 17.0 Å². The van der Waals surface area contributed by atoms with Crippen LogP contribution < -0.4 is 4.72 Å². The van der Waals surface area contributed by atoms with Gasteiger partial charge in [-0.15, -0.1) is 0 Å². The van der Waals surface area contributed by atoms with Gasteiger partial charge in [0.15, 0.2) is 5.56 Å². The number of carbonyl (C=O) groups is 1. The van der Waals surface area contributed by atoms with Crippen LogP contribution in [-0.2, 0) is 10.0 Å². The molecule has 0 spiro atoms. The lowest BCUT2D eigenvalue weighted by atomic mass is 10.1. The van der Waals surface area contributed by atoms with Crippen molar-refractivity contribution in [2.75, 3.05) is 26.2 Å². The number of aryl methyl sites for hydroxylation is 1. The Hall–Kier alpha value is -2.08. The summed E-state index contributed by atoms with van der Waals surface area (Å²) in [4.78, 5) is 23.0. The second-order valence-electron chi connectivity index (χ2n) is 6.14. The first-order valence-corrected chi connectivity index (χ1v) is 9.53. The van der Waals surface area contributed by atoms with Crippen molar-refractivity contribution in [3.05, 3.63) is 33.4 Å². The lowest BCUT2D eigenvalue weighted by molar-refractivity contribution is -0.385. The Kier molecular flexibility index (Phi) is 6.29. The number of hydrogen-bond donors (Lipinski definition) is 3. The zero-order valence-corrected chi connectivity index (χ0v) is 15.0. The Balaban J connectivity index is 2.21. The normalized spacial score (nSPS) is 16.5. The van der Waals surface area contributed by atoms with Crippen molar-refractivity contribution >= 4 is 21.7 Å². The highest BCUT2D eigenvalue weighted by molar-refractivity contribution is 7.89. The van der Waals surface area contributed by atoms with Crippen LogP contribution in [0, 0.1) is 17.0 Å². The molecule has 1 aromatic carbocycles. The molecule has 0 radical (unpaired) electrons. The van der Waals surface area contributed by atoms with Crippen LogP contribution >= 0.6 is 0 Å². The van der Waals surface area contributed by atoms with Crippen LogP contribution in [0.3, 0.4) is 0 Å². The molecule has 10 nitrogen and oxygen atoms in total. The van der Waals surface area contributed by atoms with Gasteiger partial charge in [0.05, 0.1) is 11.0 Å². The molecule has 0 atom stereocenters. The summed E-state index contributed by atoms with van der Waals surface area (Å²) >= 11 is 0. The summed E-state index contributed by atoms with van der Waals surface area (Å²) in [6, 6.07) is 2.20. The Labute approximate surface area is 150 Å². The number of aliphatic hydroxyl groups excluding tert-OH is 1. The molecule has 26 heavy (non-hydrogen) atoms. The second-order valence-corrected chi connectivity index (χ2v) is 7.84. The van der Waals surface area contributed by atoms with E-state index in [0.29, 0.717) is 32.5 Å². The van der Waals surface area contributed by atoms with Crippen molar-refractivity contribution in [3.8, 4) is 0 Å². The molecule has 0 amide bonds. The van der Waals surface area contributed by atoms with E-state index in [1.165, 1.54) is 13.0 Å². The number of nitro benzene ring substituents is 1. The Morgan fingerprint density at radius 1 is 1.38 bits per heavy atom. The number of rotatable bonds is 7. The summed E-state index contributed by atoms with van der Waals surface area (Å²) in [6.45, 7) is 3.08. The van der Waals surface area contributed by atoms with E-state index in [1.807, 2.05) is 4.90 Å². The average Bonchev–Trinajstić information content (AvgIpc) is 2.55. The maximum absolute atomic E-state index is 12.6. The fraction of sp³-hybridized carbons (Fsp3) is 0.533. The maximum Gasteiger partial charge on any atom is 0.344 e. The fourth-order valence-corrected chi connectivity index (χ4v) is 4.39. The summed E-state index contributed by atoms with van der Waals surface area (Å²) in [5.41, 5.74) is -1.50. The number of benzene rings is 1. The average molecular weight is 387 g/mol. The molecule has 1 aromatic rings. The van der Waals surface area contributed by atoms with E-state index < -0.39 is 37.1 Å². The summed E-state index contributed by atoms with van der Waals surface area (Å²) in [6.07, 6.45) is 0.883. The molecule has 11 heteroatoms. The highest BCUT2D eigenvalue weighted by Crippen LogP contribution is 2.29. The molecule has 1 saturated heterocycles. The molecule has 0 aromatic heterocycles. The van der Waals surface area contributed by atoms with Gasteiger partial charge in [0.2, 0.25) is 10.0 Å². The van der Waals surface area contributed by atoms with E-state index in [4.69, 9.17) is 0 Å². The first-order valence-electron chi connectivity index (χ1n) is 8.05. The smallest absolute Gasteiger partial charge is 0.344 e. The van der Waals surface area contributed by atoms with Crippen molar-refractivity contribution < 1.29 is 28.3 Å². The predicted octanol–water partition coefficient (Wildman–Crippen LogP) is 0.336. The van der Waals surface area contributed by atoms with Crippen LogP contribution in [-0.4, -0.2) is 66.7 Å². The maximum atomic E-state index is 12.6. The minimum atomic E-state index is -4.25. The largest absolute Gasteiger partial charge is 0.477 e. The number of carboxylic acid groups (broad SMARTS) is 1. The molecule has 1 fully saturated rings. The highest BCUT2D eigenvalue weighted by atomic mass is 32.2. The Morgan fingerprint density at radius 3 is 2.54 bits per heavy atom. The van der Waals surface area contributed by atoms with Crippen LogP contribution in [0.5, 0.6) is 0 Å². The number of carboxylic acids is 1. The third kappa shape index (κ3) is 4.55. The number of sulfonamides is 1. The fourth-order valence-electron chi connectivity index (χ4n) is 2.93. The van der Waals surface area contributed by atoms with Gasteiger partial charge in [0.25, 0.3) is 5.69 Å². The van der Waals surface area contributed by atoms with Gasteiger partial charge in [-0.1, -0.05) is 6.07 Å². The Morgan fingerprint density at radius 2 is 2.00 bits per heavy atom. The van der Waals surface area contributed by atoms with Gasteiger partial charge in [0.1, 0.15) is 4.90 Å². The summed E-state index contributed by atoms with van der Waals surface area (Å²) in [7, 11) is -4.25. The van der Waals surface area contributed by atoms with Crippen LogP contribution in [0.1, 0.15) is 28.8 Å². The SMILES string of the molecule is Cc1ccc([N+](=O)[O-])c(C(=O)O)c1S(=O)(=O)NCCN1CCC(O)CC1. The van der Waals surface area contributed by atoms with E-state index in [2.05, 4.69) is 4.72 Å². The van der Waals surface area contributed by atoms with Gasteiger partial charge < -0.3 is 15.1 Å². The minimum Gasteiger partial charge on any atom is -0.477 e. The zero-order chi connectivity index (χ0) is 19.5. The third-order valence-electron chi connectivity index (χ3n) is 4.29. The molecule has 144 valence electrons. The molecule has 0 aliphatic carbocycles. The van der Waals surface area contributed by atoms with Crippen LogP contribution in [0.2, 0.25) is 0 Å². The van der Waals surface area contributed by atoms with E-state index in [1.54, 1.807) is 0 Å². The third-order valence-corrected chi connectivity index (χ3v) is 5.94. The molecule has 0 bridgehead atoms. The lowest BCUT2D eigenvalue weighted by Gasteiger charge is -2.29. The molecule has 1 heterocycles. The van der Waals surface area contributed by atoms with E-state index in [0.717, 1.165) is 6.07 Å². The van der Waals surface area contributed by atoms with Crippen LogP contribution in [0.4, 0.5) is 5.69 Å². The minimum absolute atomic E-state index is 0.0274. The number of likely N-dealkylation sites (tertiary alicyclic amines) is 1. The number of nitrogens with zero attached hydrogens (tertiary/aromatic N) is 2. The van der Waals surface area contributed by atoms with Crippen molar-refractivity contribution in [2.24, 2.45) is 0 Å². The molecule has 3 N–H and O–H groups in total. The van der Waals surface area contributed by atoms with E-state index in [-0.39, 0.29) is 18.2 Å². The predicted molar refractivity (Wildman–Crippen MR) is 91.7 cm³/mol. The number of aromatic carboxylic acids is 1. The van der Waals surface area contributed by atoms with Gasteiger partial charge in [-0.25, -0.2) is 17.9 Å². The standard InChI is InChI=1S/C15H21N3O7S/c1-10-2-3-12(18(22)23)13(15(20)21)14(10)26(24,25)16-6-9-17-7-4-11(19)5-8-17/h2-3,11,16,19H,4-9H2,1H3,(H,20,21). The molecule has 0 unspecified atom stereocenters. The molecule has 2 rings (SSSR count). The van der Waals surface area contributed by atoms with E-state index in [9.17, 15) is 33.5 Å². The number of piperidine rings is 1. The number of nitrogens with one attached hydrogen (secondary N) is 1. The second kappa shape index (κ2) is 8.08. The Bertz CT molecular complexity index is 802. The summed E-state index contributed by atoms with van der Waals surface area (Å²) in [5, 5.41) is 29.8. The van der Waals surface area contributed by atoms with E-state index >= 15 is 0 Å². The molecular weight excluding hydrogens is 366 g/mol. The van der Waals surface area contributed by atoms with Gasteiger partial charge >= 0.3 is 5.97 Å². The zero-order valence-electron chi connectivity index (χ0n) is 14.2. The number of aliphatic hydroxyl groups is 1. The highest BCUT2D eigenvalue weighted by Gasteiger charge is 2.32. The summed E-state index contributed by atoms with van der Waals surface area (Å²) in [5.74, 6) is -1.68. The first-order chi connectivity index (χ1) is 12.1.